The number of nitrogens with one attached hydrogen (secondary N) is 3. The van der Waals surface area contributed by atoms with E-state index in [0.29, 0.717) is 18.7 Å². The van der Waals surface area contributed by atoms with Gasteiger partial charge in [-0.1, -0.05) is 12.1 Å². The minimum Gasteiger partial charge on any atom is -0.497 e. The lowest BCUT2D eigenvalue weighted by Crippen LogP contribution is -2.38. The molecule has 31 heavy (non-hydrogen) atoms. The van der Waals surface area contributed by atoms with E-state index >= 15 is 0 Å². The number of hydrogen-bond donors (Lipinski definition) is 3. The van der Waals surface area contributed by atoms with Crippen LogP contribution >= 0.6 is 24.0 Å². The normalized spacial score (nSPS) is 10.6. The van der Waals surface area contributed by atoms with Crippen LogP contribution in [-0.4, -0.2) is 52.8 Å². The van der Waals surface area contributed by atoms with Gasteiger partial charge in [0.25, 0.3) is 5.91 Å². The number of ether oxygens (including phenoxy) is 2. The van der Waals surface area contributed by atoms with E-state index in [1.54, 1.807) is 21.3 Å². The molecule has 0 heterocycles. The van der Waals surface area contributed by atoms with Gasteiger partial charge < -0.3 is 25.4 Å². The van der Waals surface area contributed by atoms with Gasteiger partial charge in [-0.2, -0.15) is 0 Å². The number of guanidine groups is 1. The average molecular weight is 540 g/mol. The summed E-state index contributed by atoms with van der Waals surface area (Å²) in [4.78, 5) is 16.4. The van der Waals surface area contributed by atoms with E-state index in [1.165, 1.54) is 0 Å². The minimum atomic E-state index is -0.0762. The first-order valence-corrected chi connectivity index (χ1v) is 10.1. The van der Waals surface area contributed by atoms with Gasteiger partial charge in [-0.3, -0.25) is 9.79 Å². The molecule has 2 aromatic carbocycles. The molecule has 170 valence electrons. The van der Waals surface area contributed by atoms with Crippen molar-refractivity contribution in [3.63, 3.8) is 0 Å². The first kappa shape index (κ1) is 26.5. The van der Waals surface area contributed by atoms with Crippen LogP contribution in [-0.2, 0) is 12.8 Å². The number of carbonyl (C=O) groups excluding carboxylic acids is 1. The zero-order chi connectivity index (χ0) is 21.8. The molecule has 0 spiro atoms. The molecule has 0 atom stereocenters. The van der Waals surface area contributed by atoms with E-state index in [1.807, 2.05) is 49.4 Å². The van der Waals surface area contributed by atoms with Crippen molar-refractivity contribution in [2.75, 3.05) is 40.9 Å². The molecule has 0 aromatic heterocycles. The van der Waals surface area contributed by atoms with E-state index in [0.717, 1.165) is 48.0 Å². The van der Waals surface area contributed by atoms with Gasteiger partial charge in [0.1, 0.15) is 11.5 Å². The maximum atomic E-state index is 11.8. The van der Waals surface area contributed by atoms with Crippen molar-refractivity contribution in [1.29, 1.82) is 0 Å². The highest BCUT2D eigenvalue weighted by Crippen LogP contribution is 2.24. The third kappa shape index (κ3) is 8.64. The van der Waals surface area contributed by atoms with Gasteiger partial charge in [-0.15, -0.1) is 24.0 Å². The van der Waals surface area contributed by atoms with Crippen molar-refractivity contribution in [2.24, 2.45) is 4.99 Å². The molecular formula is C23H33IN4O3. The number of benzene rings is 2. The number of methoxy groups -OCH3 is 2. The first-order valence-electron chi connectivity index (χ1n) is 10.1. The Morgan fingerprint density at radius 1 is 1.03 bits per heavy atom. The summed E-state index contributed by atoms with van der Waals surface area (Å²) >= 11 is 0. The summed E-state index contributed by atoms with van der Waals surface area (Å²) in [5, 5.41) is 9.27. The molecule has 0 aliphatic rings. The van der Waals surface area contributed by atoms with Crippen LogP contribution in [0.2, 0.25) is 0 Å². The molecule has 1 amide bonds. The van der Waals surface area contributed by atoms with Crippen LogP contribution in [0.3, 0.4) is 0 Å². The van der Waals surface area contributed by atoms with Gasteiger partial charge in [0.2, 0.25) is 0 Å². The van der Waals surface area contributed by atoms with E-state index < -0.39 is 0 Å². The van der Waals surface area contributed by atoms with Gasteiger partial charge in [0, 0.05) is 32.2 Å². The summed E-state index contributed by atoms with van der Waals surface area (Å²) in [7, 11) is 4.96. The van der Waals surface area contributed by atoms with Crippen molar-refractivity contribution < 1.29 is 14.3 Å². The predicted molar refractivity (Wildman–Crippen MR) is 136 cm³/mol. The summed E-state index contributed by atoms with van der Waals surface area (Å²) in [5.41, 5.74) is 2.82. The minimum absolute atomic E-state index is 0. The van der Waals surface area contributed by atoms with Crippen molar-refractivity contribution in [3.8, 4) is 11.5 Å². The Morgan fingerprint density at radius 3 is 2.52 bits per heavy atom. The van der Waals surface area contributed by atoms with E-state index in [9.17, 15) is 4.79 Å². The first-order chi connectivity index (χ1) is 14.6. The van der Waals surface area contributed by atoms with Crippen molar-refractivity contribution in [2.45, 2.75) is 19.8 Å². The fourth-order valence-corrected chi connectivity index (χ4v) is 3.04. The van der Waals surface area contributed by atoms with Gasteiger partial charge in [-0.25, -0.2) is 0 Å². The Kier molecular flexibility index (Phi) is 12.4. The molecule has 2 rings (SSSR count). The van der Waals surface area contributed by atoms with Crippen LogP contribution in [0.5, 0.6) is 11.5 Å². The zero-order valence-corrected chi connectivity index (χ0v) is 21.0. The van der Waals surface area contributed by atoms with Gasteiger partial charge in [-0.05, 0) is 61.2 Å². The fourth-order valence-electron chi connectivity index (χ4n) is 3.04. The van der Waals surface area contributed by atoms with Crippen molar-refractivity contribution in [1.82, 2.24) is 16.0 Å². The summed E-state index contributed by atoms with van der Waals surface area (Å²) in [6.45, 7) is 4.14. The number of halogens is 1. The summed E-state index contributed by atoms with van der Waals surface area (Å²) in [6.07, 6.45) is 1.53. The number of aliphatic imine (C=N–C) groups is 1. The molecule has 0 radical (unpaired) electrons. The monoisotopic (exact) mass is 540 g/mol. The second kappa shape index (κ2) is 14.5. The molecule has 0 aliphatic heterocycles. The molecular weight excluding hydrogens is 507 g/mol. The Balaban J connectivity index is 0.00000480. The van der Waals surface area contributed by atoms with E-state index in [-0.39, 0.29) is 29.9 Å². The SMILES string of the molecule is CCNC(=NCCc1cc(OC)ccc1OC)NCCc1cccc(C(=O)NC)c1.I. The lowest BCUT2D eigenvalue weighted by molar-refractivity contribution is 0.0963. The average Bonchev–Trinajstić information content (AvgIpc) is 2.78. The second-order valence-electron chi connectivity index (χ2n) is 6.64. The van der Waals surface area contributed by atoms with Crippen molar-refractivity contribution >= 4 is 35.8 Å². The Hall–Kier alpha value is -2.49. The van der Waals surface area contributed by atoms with Gasteiger partial charge in [0.05, 0.1) is 14.2 Å². The van der Waals surface area contributed by atoms with E-state index in [2.05, 4.69) is 20.9 Å². The van der Waals surface area contributed by atoms with Crippen molar-refractivity contribution in [3.05, 3.63) is 59.2 Å². The summed E-state index contributed by atoms with van der Waals surface area (Å²) in [6, 6.07) is 13.4. The number of rotatable bonds is 10. The number of amides is 1. The molecule has 0 aliphatic carbocycles. The predicted octanol–water partition coefficient (Wildman–Crippen LogP) is 3.02. The van der Waals surface area contributed by atoms with E-state index in [4.69, 9.17) is 9.47 Å². The third-order valence-electron chi connectivity index (χ3n) is 4.61. The number of carbonyl (C=O) groups is 1. The maximum absolute atomic E-state index is 11.8. The number of hydrogen-bond acceptors (Lipinski definition) is 4. The largest absolute Gasteiger partial charge is 0.497 e. The zero-order valence-electron chi connectivity index (χ0n) is 18.7. The van der Waals surface area contributed by atoms with Crippen LogP contribution in [0.15, 0.2) is 47.5 Å². The highest BCUT2D eigenvalue weighted by molar-refractivity contribution is 14.0. The molecule has 0 fully saturated rings. The molecule has 0 bridgehead atoms. The Bertz CT molecular complexity index is 858. The Labute approximate surface area is 202 Å². The second-order valence-corrected chi connectivity index (χ2v) is 6.64. The fraction of sp³-hybridized carbons (Fsp3) is 0.391. The quantitative estimate of drug-likeness (QED) is 0.245. The molecule has 7 nitrogen and oxygen atoms in total. The molecule has 0 saturated heterocycles. The lowest BCUT2D eigenvalue weighted by atomic mass is 10.1. The molecule has 3 N–H and O–H groups in total. The Morgan fingerprint density at radius 2 is 1.84 bits per heavy atom. The standard InChI is InChI=1S/C23H32N4O3.HI/c1-5-25-23(26-13-11-17-7-6-8-19(15-17)22(28)24-2)27-14-12-18-16-20(29-3)9-10-21(18)30-4;/h6-10,15-16H,5,11-14H2,1-4H3,(H,24,28)(H2,25,26,27);1H. The third-order valence-corrected chi connectivity index (χ3v) is 4.61. The van der Waals surface area contributed by atoms with Crippen LogP contribution in [0.1, 0.15) is 28.4 Å². The molecule has 0 unspecified atom stereocenters. The smallest absolute Gasteiger partial charge is 0.251 e. The molecule has 0 saturated carbocycles. The highest BCUT2D eigenvalue weighted by Gasteiger charge is 2.06. The summed E-state index contributed by atoms with van der Waals surface area (Å²) in [5.74, 6) is 2.33. The lowest BCUT2D eigenvalue weighted by Gasteiger charge is -2.13. The van der Waals surface area contributed by atoms with Crippen LogP contribution < -0.4 is 25.4 Å². The molecule has 8 heteroatoms. The number of nitrogens with zero attached hydrogens (tertiary/aromatic N) is 1. The van der Waals surface area contributed by atoms with Gasteiger partial charge in [0.15, 0.2) is 5.96 Å². The maximum Gasteiger partial charge on any atom is 0.251 e. The van der Waals surface area contributed by atoms with Gasteiger partial charge >= 0.3 is 0 Å². The van der Waals surface area contributed by atoms with Crippen LogP contribution in [0.4, 0.5) is 0 Å². The highest BCUT2D eigenvalue weighted by atomic mass is 127. The van der Waals surface area contributed by atoms with Crippen LogP contribution in [0, 0.1) is 0 Å². The van der Waals surface area contributed by atoms with Crippen LogP contribution in [0.25, 0.3) is 0 Å². The topological polar surface area (TPSA) is 84.0 Å². The molecule has 2 aromatic rings. The summed E-state index contributed by atoms with van der Waals surface area (Å²) < 4.78 is 10.7.